The molecule has 0 atom stereocenters. The van der Waals surface area contributed by atoms with Crippen molar-refractivity contribution in [3.63, 3.8) is 0 Å². The average molecular weight is 389 g/mol. The molecule has 6 heteroatoms. The van der Waals surface area contributed by atoms with Crippen LogP contribution in [-0.4, -0.2) is 35.7 Å². The molecule has 26 heavy (non-hydrogen) atoms. The first-order chi connectivity index (χ1) is 12.7. The highest BCUT2D eigenvalue weighted by atomic mass is 35.5. The molecule has 136 valence electrons. The van der Waals surface area contributed by atoms with Crippen LogP contribution >= 0.6 is 23.4 Å². The molecule has 0 bridgehead atoms. The summed E-state index contributed by atoms with van der Waals surface area (Å²) in [6, 6.07) is 15.4. The van der Waals surface area contributed by atoms with Gasteiger partial charge >= 0.3 is 0 Å². The molecule has 1 aliphatic rings. The second-order valence-corrected chi connectivity index (χ2v) is 7.26. The molecule has 3 rings (SSSR count). The number of nitrogens with zero attached hydrogens (tertiary/aromatic N) is 2. The Balaban J connectivity index is 1.56. The Labute approximate surface area is 163 Å². The highest BCUT2D eigenvalue weighted by Crippen LogP contribution is 2.22. The minimum atomic E-state index is 0.0778. The van der Waals surface area contributed by atoms with Crippen LogP contribution in [-0.2, 0) is 17.0 Å². The van der Waals surface area contributed by atoms with Crippen LogP contribution in [0.4, 0.5) is 0 Å². The van der Waals surface area contributed by atoms with Gasteiger partial charge in [0.2, 0.25) is 5.91 Å². The van der Waals surface area contributed by atoms with E-state index in [0.29, 0.717) is 26.1 Å². The quantitative estimate of drug-likeness (QED) is 0.735. The third kappa shape index (κ3) is 5.02. The van der Waals surface area contributed by atoms with Crippen molar-refractivity contribution in [2.45, 2.75) is 19.1 Å². The second-order valence-electron chi connectivity index (χ2n) is 5.88. The first-order valence-electron chi connectivity index (χ1n) is 8.59. The normalized spacial score (nSPS) is 13.6. The van der Waals surface area contributed by atoms with E-state index in [4.69, 9.17) is 16.3 Å². The van der Waals surface area contributed by atoms with Gasteiger partial charge in [0.1, 0.15) is 5.75 Å². The third-order valence-corrected chi connectivity index (χ3v) is 5.31. The second kappa shape index (κ2) is 9.10. The summed E-state index contributed by atoms with van der Waals surface area (Å²) in [5, 5.41) is 1.53. The number of hydrogen-bond donors (Lipinski definition) is 0. The monoisotopic (exact) mass is 388 g/mol. The molecular formula is C20H21ClN2O2S. The van der Waals surface area contributed by atoms with Crippen molar-refractivity contribution in [3.05, 3.63) is 64.7 Å². The maximum Gasteiger partial charge on any atom is 0.233 e. The lowest BCUT2D eigenvalue weighted by molar-refractivity contribution is -0.126. The lowest BCUT2D eigenvalue weighted by Gasteiger charge is -2.18. The van der Waals surface area contributed by atoms with E-state index < -0.39 is 0 Å². The number of ether oxygens (including phenoxy) is 1. The van der Waals surface area contributed by atoms with Gasteiger partial charge in [0, 0.05) is 17.3 Å². The molecule has 0 saturated carbocycles. The molecule has 0 unspecified atom stereocenters. The number of carbonyl (C=O) groups is 1. The largest absolute Gasteiger partial charge is 0.494 e. The topological polar surface area (TPSA) is 41.9 Å². The van der Waals surface area contributed by atoms with Crippen LogP contribution in [0.3, 0.4) is 0 Å². The summed E-state index contributed by atoms with van der Waals surface area (Å²) < 4.78 is 5.44. The van der Waals surface area contributed by atoms with Crippen LogP contribution in [0.2, 0.25) is 5.02 Å². The van der Waals surface area contributed by atoms with Crippen molar-refractivity contribution in [2.24, 2.45) is 4.99 Å². The molecule has 1 aliphatic heterocycles. The molecular weight excluding hydrogens is 368 g/mol. The van der Waals surface area contributed by atoms with Crippen molar-refractivity contribution in [1.82, 2.24) is 4.90 Å². The maximum absolute atomic E-state index is 12.7. The molecule has 0 spiro atoms. The van der Waals surface area contributed by atoms with Crippen molar-refractivity contribution in [1.29, 1.82) is 0 Å². The van der Waals surface area contributed by atoms with E-state index in [1.807, 2.05) is 55.5 Å². The third-order valence-electron chi connectivity index (χ3n) is 3.97. The summed E-state index contributed by atoms with van der Waals surface area (Å²) in [7, 11) is 0. The van der Waals surface area contributed by atoms with Crippen molar-refractivity contribution in [2.75, 3.05) is 19.7 Å². The van der Waals surface area contributed by atoms with Crippen LogP contribution in [0.15, 0.2) is 53.5 Å². The Kier molecular flexibility index (Phi) is 6.58. The van der Waals surface area contributed by atoms with Crippen molar-refractivity contribution in [3.8, 4) is 5.75 Å². The molecule has 0 aliphatic carbocycles. The fourth-order valence-electron chi connectivity index (χ4n) is 2.65. The zero-order valence-corrected chi connectivity index (χ0v) is 16.2. The molecule has 1 amide bonds. The lowest BCUT2D eigenvalue weighted by Crippen LogP contribution is -2.34. The van der Waals surface area contributed by atoms with Crippen LogP contribution in [0.1, 0.15) is 18.1 Å². The van der Waals surface area contributed by atoms with Gasteiger partial charge in [-0.3, -0.25) is 14.7 Å². The number of carbonyl (C=O) groups excluding carboxylic acids is 1. The minimum Gasteiger partial charge on any atom is -0.494 e. The summed E-state index contributed by atoms with van der Waals surface area (Å²) in [6.45, 7) is 3.90. The van der Waals surface area contributed by atoms with E-state index in [1.165, 1.54) is 0 Å². The number of rotatable bonds is 6. The Morgan fingerprint density at radius 3 is 2.54 bits per heavy atom. The zero-order chi connectivity index (χ0) is 18.4. The van der Waals surface area contributed by atoms with Gasteiger partial charge in [0.15, 0.2) is 5.17 Å². The smallest absolute Gasteiger partial charge is 0.233 e. The van der Waals surface area contributed by atoms with Gasteiger partial charge in [-0.25, -0.2) is 0 Å². The molecule has 0 aromatic heterocycles. The Morgan fingerprint density at radius 1 is 1.15 bits per heavy atom. The van der Waals surface area contributed by atoms with Gasteiger partial charge in [-0.1, -0.05) is 47.6 Å². The van der Waals surface area contributed by atoms with Crippen molar-refractivity contribution < 1.29 is 9.53 Å². The van der Waals surface area contributed by atoms with Gasteiger partial charge in [-0.15, -0.1) is 0 Å². The lowest BCUT2D eigenvalue weighted by atomic mass is 10.1. The van der Waals surface area contributed by atoms with Gasteiger partial charge < -0.3 is 4.74 Å². The predicted molar refractivity (Wildman–Crippen MR) is 108 cm³/mol. The number of hydrogen-bond acceptors (Lipinski definition) is 4. The fourth-order valence-corrected chi connectivity index (χ4v) is 3.80. The minimum absolute atomic E-state index is 0.0778. The van der Waals surface area contributed by atoms with E-state index >= 15 is 0 Å². The summed E-state index contributed by atoms with van der Waals surface area (Å²) in [6.07, 6.45) is 0.368. The fraction of sp³-hybridized carbons (Fsp3) is 0.300. The number of amides is 1. The molecule has 4 nitrogen and oxygen atoms in total. The first-order valence-corrected chi connectivity index (χ1v) is 9.96. The standard InChI is InChI=1S/C20H21ClN2O2S/c1-2-25-18-9-5-15(6-10-18)13-19(24)23-12-11-22-20(23)26-14-16-3-7-17(21)8-4-16/h3-10H,2,11-14H2,1H3. The highest BCUT2D eigenvalue weighted by Gasteiger charge is 2.24. The van der Waals surface area contributed by atoms with Gasteiger partial charge in [0.05, 0.1) is 19.6 Å². The Hall–Kier alpha value is -1.98. The molecule has 0 radical (unpaired) electrons. The molecule has 0 N–H and O–H groups in total. The Bertz CT molecular complexity index is 775. The van der Waals surface area contributed by atoms with E-state index in [2.05, 4.69) is 4.99 Å². The zero-order valence-electron chi connectivity index (χ0n) is 14.7. The van der Waals surface area contributed by atoms with Gasteiger partial charge in [-0.05, 0) is 42.3 Å². The van der Waals surface area contributed by atoms with E-state index in [-0.39, 0.29) is 5.91 Å². The number of thioether (sulfide) groups is 1. The van der Waals surface area contributed by atoms with Crippen molar-refractivity contribution >= 4 is 34.4 Å². The van der Waals surface area contributed by atoms with Gasteiger partial charge in [0.25, 0.3) is 0 Å². The Morgan fingerprint density at radius 2 is 1.85 bits per heavy atom. The van der Waals surface area contributed by atoms with Crippen LogP contribution in [0.5, 0.6) is 5.75 Å². The summed E-state index contributed by atoms with van der Waals surface area (Å²) >= 11 is 7.51. The summed E-state index contributed by atoms with van der Waals surface area (Å²) in [5.74, 6) is 1.67. The highest BCUT2D eigenvalue weighted by molar-refractivity contribution is 8.13. The van der Waals surface area contributed by atoms with E-state index in [0.717, 1.165) is 32.8 Å². The van der Waals surface area contributed by atoms with E-state index in [1.54, 1.807) is 16.7 Å². The summed E-state index contributed by atoms with van der Waals surface area (Å²) in [4.78, 5) is 19.0. The van der Waals surface area contributed by atoms with Crippen LogP contribution < -0.4 is 4.74 Å². The van der Waals surface area contributed by atoms with Crippen LogP contribution in [0.25, 0.3) is 0 Å². The number of aliphatic imine (C=N–C) groups is 1. The van der Waals surface area contributed by atoms with E-state index in [9.17, 15) is 4.79 Å². The summed E-state index contributed by atoms with van der Waals surface area (Å²) in [5.41, 5.74) is 2.14. The number of amidine groups is 1. The molecule has 2 aromatic carbocycles. The molecule has 0 fully saturated rings. The average Bonchev–Trinajstić information content (AvgIpc) is 3.12. The first kappa shape index (κ1) is 18.8. The number of halogens is 1. The van der Waals surface area contributed by atoms with Gasteiger partial charge in [-0.2, -0.15) is 0 Å². The molecule has 2 aromatic rings. The maximum atomic E-state index is 12.7. The predicted octanol–water partition coefficient (Wildman–Crippen LogP) is 4.41. The molecule has 0 saturated heterocycles. The van der Waals surface area contributed by atoms with Crippen LogP contribution in [0, 0.1) is 0 Å². The molecule has 1 heterocycles. The number of benzene rings is 2. The SMILES string of the molecule is CCOc1ccc(CC(=O)N2CCN=C2SCc2ccc(Cl)cc2)cc1.